The molecule has 1 saturated heterocycles. The van der Waals surface area contributed by atoms with Gasteiger partial charge in [0.15, 0.2) is 5.96 Å². The molecule has 0 aromatic heterocycles. The second kappa shape index (κ2) is 9.93. The minimum atomic E-state index is 0.258. The molecule has 0 radical (unpaired) electrons. The van der Waals surface area contributed by atoms with Crippen molar-refractivity contribution in [2.45, 2.75) is 57.5 Å². The molecule has 5 nitrogen and oxygen atoms in total. The fourth-order valence-corrected chi connectivity index (χ4v) is 4.06. The summed E-state index contributed by atoms with van der Waals surface area (Å²) in [7, 11) is 0. The molecular formula is C21H34N4O. The summed E-state index contributed by atoms with van der Waals surface area (Å²) >= 11 is 0. The molecule has 2 fully saturated rings. The summed E-state index contributed by atoms with van der Waals surface area (Å²) in [6, 6.07) is 9.50. The highest BCUT2D eigenvalue weighted by Gasteiger charge is 2.23. The summed E-state index contributed by atoms with van der Waals surface area (Å²) in [5.41, 5.74) is 8.84. The molecule has 1 heterocycles. The minimum Gasteiger partial charge on any atom is -0.379 e. The third-order valence-corrected chi connectivity index (χ3v) is 5.56. The molecule has 1 unspecified atom stereocenters. The van der Waals surface area contributed by atoms with Gasteiger partial charge in [0, 0.05) is 19.1 Å². The lowest BCUT2D eigenvalue weighted by molar-refractivity contribution is 0.0179. The Morgan fingerprint density at radius 3 is 2.65 bits per heavy atom. The van der Waals surface area contributed by atoms with E-state index in [-0.39, 0.29) is 6.04 Å². The summed E-state index contributed by atoms with van der Waals surface area (Å²) in [4.78, 5) is 7.20. The Kier molecular flexibility index (Phi) is 7.32. The van der Waals surface area contributed by atoms with Crippen LogP contribution in [-0.2, 0) is 4.74 Å². The van der Waals surface area contributed by atoms with E-state index in [2.05, 4.69) is 41.4 Å². The fraction of sp³-hybridized carbons (Fsp3) is 0.667. The van der Waals surface area contributed by atoms with Crippen LogP contribution in [-0.4, -0.2) is 49.7 Å². The van der Waals surface area contributed by atoms with Crippen molar-refractivity contribution in [3.8, 4) is 0 Å². The highest BCUT2D eigenvalue weighted by Crippen LogP contribution is 2.23. The third-order valence-electron chi connectivity index (χ3n) is 5.56. The Morgan fingerprint density at radius 1 is 1.23 bits per heavy atom. The zero-order valence-electron chi connectivity index (χ0n) is 16.1. The predicted molar refractivity (Wildman–Crippen MR) is 107 cm³/mol. The molecule has 1 aliphatic heterocycles. The molecule has 3 N–H and O–H groups in total. The first kappa shape index (κ1) is 19.2. The van der Waals surface area contributed by atoms with Gasteiger partial charge in [0.05, 0.1) is 25.8 Å². The van der Waals surface area contributed by atoms with Crippen LogP contribution in [0.25, 0.3) is 0 Å². The lowest BCUT2D eigenvalue weighted by Crippen LogP contribution is -2.42. The molecule has 1 atom stereocenters. The number of morpholine rings is 1. The number of ether oxygens (including phenoxy) is 1. The van der Waals surface area contributed by atoms with Crippen molar-refractivity contribution in [1.29, 1.82) is 0 Å². The Hall–Kier alpha value is -1.59. The smallest absolute Gasteiger partial charge is 0.188 e. The SMILES string of the molecule is Cc1cccc(C(CN=C(N)NC2CCCCCC2)N2CCOCC2)c1. The number of hydrogen-bond acceptors (Lipinski definition) is 3. The highest BCUT2D eigenvalue weighted by atomic mass is 16.5. The summed E-state index contributed by atoms with van der Waals surface area (Å²) in [5.74, 6) is 0.600. The van der Waals surface area contributed by atoms with Gasteiger partial charge in [-0.15, -0.1) is 0 Å². The number of nitrogens with two attached hydrogens (primary N) is 1. The standard InChI is InChI=1S/C21H34N4O/c1-17-7-6-8-18(15-17)20(25-11-13-26-14-12-25)16-23-21(22)24-19-9-4-2-3-5-10-19/h6-8,15,19-20H,2-5,9-14,16H2,1H3,(H3,22,23,24). The maximum absolute atomic E-state index is 6.24. The van der Waals surface area contributed by atoms with E-state index < -0.39 is 0 Å². The molecule has 1 aliphatic carbocycles. The van der Waals surface area contributed by atoms with Crippen molar-refractivity contribution < 1.29 is 4.74 Å². The Balaban J connectivity index is 1.66. The van der Waals surface area contributed by atoms with Crippen LogP contribution >= 0.6 is 0 Å². The summed E-state index contributed by atoms with van der Waals surface area (Å²) in [6.07, 6.45) is 7.71. The molecule has 144 valence electrons. The Bertz CT molecular complexity index is 575. The van der Waals surface area contributed by atoms with E-state index in [1.807, 2.05) is 0 Å². The van der Waals surface area contributed by atoms with E-state index in [1.54, 1.807) is 0 Å². The normalized spacial score (nSPS) is 22.0. The molecule has 1 saturated carbocycles. The zero-order chi connectivity index (χ0) is 18.2. The molecule has 1 aromatic rings. The molecule has 3 rings (SSSR count). The maximum Gasteiger partial charge on any atom is 0.188 e. The Labute approximate surface area is 158 Å². The van der Waals surface area contributed by atoms with Crippen molar-refractivity contribution in [1.82, 2.24) is 10.2 Å². The average Bonchev–Trinajstić information content (AvgIpc) is 2.91. The largest absolute Gasteiger partial charge is 0.379 e. The number of hydrogen-bond donors (Lipinski definition) is 2. The molecular weight excluding hydrogens is 324 g/mol. The molecule has 26 heavy (non-hydrogen) atoms. The van der Waals surface area contributed by atoms with Crippen LogP contribution < -0.4 is 11.1 Å². The monoisotopic (exact) mass is 358 g/mol. The van der Waals surface area contributed by atoms with Crippen molar-refractivity contribution in [2.24, 2.45) is 10.7 Å². The second-order valence-corrected chi connectivity index (χ2v) is 7.64. The van der Waals surface area contributed by atoms with Crippen LogP contribution in [0.1, 0.15) is 55.7 Å². The number of rotatable bonds is 5. The van der Waals surface area contributed by atoms with Crippen LogP contribution in [0.15, 0.2) is 29.3 Å². The van der Waals surface area contributed by atoms with Crippen LogP contribution in [0.2, 0.25) is 0 Å². The predicted octanol–water partition coefficient (Wildman–Crippen LogP) is 3.00. The van der Waals surface area contributed by atoms with E-state index >= 15 is 0 Å². The Morgan fingerprint density at radius 2 is 1.96 bits per heavy atom. The number of aliphatic imine (C=N–C) groups is 1. The topological polar surface area (TPSA) is 62.9 Å². The minimum absolute atomic E-state index is 0.258. The van der Waals surface area contributed by atoms with Gasteiger partial charge in [0.2, 0.25) is 0 Å². The fourth-order valence-electron chi connectivity index (χ4n) is 4.06. The lowest BCUT2D eigenvalue weighted by atomic mass is 10.0. The summed E-state index contributed by atoms with van der Waals surface area (Å²) in [6.45, 7) is 6.32. The zero-order valence-corrected chi connectivity index (χ0v) is 16.1. The first-order chi connectivity index (χ1) is 12.7. The van der Waals surface area contributed by atoms with Gasteiger partial charge in [-0.25, -0.2) is 0 Å². The van der Waals surface area contributed by atoms with Crippen LogP contribution in [0.5, 0.6) is 0 Å². The quantitative estimate of drug-likeness (QED) is 0.482. The first-order valence-electron chi connectivity index (χ1n) is 10.2. The number of aryl methyl sites for hydroxylation is 1. The molecule has 0 amide bonds. The molecule has 0 spiro atoms. The van der Waals surface area contributed by atoms with E-state index in [1.165, 1.54) is 49.7 Å². The molecule has 5 heteroatoms. The van der Waals surface area contributed by atoms with Gasteiger partial charge in [0.1, 0.15) is 0 Å². The van der Waals surface area contributed by atoms with Gasteiger partial charge in [-0.05, 0) is 25.3 Å². The molecule has 1 aromatic carbocycles. The van der Waals surface area contributed by atoms with E-state index in [0.717, 1.165) is 26.3 Å². The molecule has 2 aliphatic rings. The van der Waals surface area contributed by atoms with Crippen molar-refractivity contribution in [3.63, 3.8) is 0 Å². The van der Waals surface area contributed by atoms with E-state index in [9.17, 15) is 0 Å². The van der Waals surface area contributed by atoms with Gasteiger partial charge >= 0.3 is 0 Å². The lowest BCUT2D eigenvalue weighted by Gasteiger charge is -2.34. The van der Waals surface area contributed by atoms with Gasteiger partial charge in [0.25, 0.3) is 0 Å². The highest BCUT2D eigenvalue weighted by molar-refractivity contribution is 5.78. The summed E-state index contributed by atoms with van der Waals surface area (Å²) in [5, 5.41) is 3.46. The van der Waals surface area contributed by atoms with Crippen molar-refractivity contribution >= 4 is 5.96 Å². The van der Waals surface area contributed by atoms with E-state index in [4.69, 9.17) is 15.5 Å². The molecule has 0 bridgehead atoms. The average molecular weight is 359 g/mol. The second-order valence-electron chi connectivity index (χ2n) is 7.64. The van der Waals surface area contributed by atoms with Gasteiger partial charge in [-0.3, -0.25) is 9.89 Å². The maximum atomic E-state index is 6.24. The van der Waals surface area contributed by atoms with E-state index in [0.29, 0.717) is 18.5 Å². The van der Waals surface area contributed by atoms with Crippen LogP contribution in [0.4, 0.5) is 0 Å². The number of guanidine groups is 1. The first-order valence-corrected chi connectivity index (χ1v) is 10.2. The van der Waals surface area contributed by atoms with Gasteiger partial charge in [-0.2, -0.15) is 0 Å². The van der Waals surface area contributed by atoms with Crippen LogP contribution in [0.3, 0.4) is 0 Å². The summed E-state index contributed by atoms with van der Waals surface area (Å²) < 4.78 is 5.53. The number of nitrogens with one attached hydrogen (secondary N) is 1. The third kappa shape index (κ3) is 5.71. The van der Waals surface area contributed by atoms with Crippen LogP contribution in [0, 0.1) is 6.92 Å². The van der Waals surface area contributed by atoms with Crippen molar-refractivity contribution in [2.75, 3.05) is 32.8 Å². The van der Waals surface area contributed by atoms with Crippen molar-refractivity contribution in [3.05, 3.63) is 35.4 Å². The number of nitrogens with zero attached hydrogens (tertiary/aromatic N) is 2. The van der Waals surface area contributed by atoms with Gasteiger partial charge in [-0.1, -0.05) is 55.5 Å². The number of benzene rings is 1. The van der Waals surface area contributed by atoms with Gasteiger partial charge < -0.3 is 15.8 Å².